The molecule has 1 N–H and O–H groups in total. The van der Waals surface area contributed by atoms with Crippen molar-refractivity contribution in [1.82, 2.24) is 15.2 Å². The van der Waals surface area contributed by atoms with Crippen LogP contribution in [0.4, 0.5) is 0 Å². The molecule has 0 spiro atoms. The number of nitrogens with zero attached hydrogens (tertiary/aromatic N) is 2. The highest BCUT2D eigenvalue weighted by molar-refractivity contribution is 7.98. The van der Waals surface area contributed by atoms with Gasteiger partial charge in [0.2, 0.25) is 0 Å². The zero-order chi connectivity index (χ0) is 20.1. The normalized spacial score (nSPS) is 15.5. The molecule has 1 aliphatic heterocycles. The van der Waals surface area contributed by atoms with Crippen molar-refractivity contribution in [1.29, 1.82) is 0 Å². The van der Waals surface area contributed by atoms with Gasteiger partial charge < -0.3 is 9.73 Å². The lowest BCUT2D eigenvalue weighted by molar-refractivity contribution is 0.0933. The van der Waals surface area contributed by atoms with E-state index in [9.17, 15) is 4.79 Å². The summed E-state index contributed by atoms with van der Waals surface area (Å²) in [5, 5.41) is 6.28. The van der Waals surface area contributed by atoms with Gasteiger partial charge in [0.15, 0.2) is 0 Å². The van der Waals surface area contributed by atoms with Gasteiger partial charge in [-0.15, -0.1) is 23.1 Å². The van der Waals surface area contributed by atoms with Gasteiger partial charge in [-0.25, -0.2) is 4.98 Å². The van der Waals surface area contributed by atoms with E-state index in [0.29, 0.717) is 12.1 Å². The monoisotopic (exact) mass is 427 g/mol. The minimum absolute atomic E-state index is 0.0487. The van der Waals surface area contributed by atoms with Gasteiger partial charge in [-0.05, 0) is 69.3 Å². The summed E-state index contributed by atoms with van der Waals surface area (Å²) < 4.78 is 5.63. The Kier molecular flexibility index (Phi) is 6.69. The maximum atomic E-state index is 12.7. The first-order valence-electron chi connectivity index (χ1n) is 9.88. The Morgan fingerprint density at radius 3 is 2.72 bits per heavy atom. The predicted molar refractivity (Wildman–Crippen MR) is 117 cm³/mol. The number of carbonyl (C=O) groups excluding carboxylic acids is 1. The molecule has 0 bridgehead atoms. The minimum atomic E-state index is -0.0487. The number of benzene rings is 1. The van der Waals surface area contributed by atoms with Crippen LogP contribution in [0, 0.1) is 6.92 Å². The van der Waals surface area contributed by atoms with Crippen molar-refractivity contribution >= 4 is 29.0 Å². The maximum Gasteiger partial charge on any atom is 0.251 e. The van der Waals surface area contributed by atoms with E-state index in [1.54, 1.807) is 29.4 Å². The number of thiazole rings is 1. The number of amides is 1. The number of aromatic nitrogens is 1. The van der Waals surface area contributed by atoms with Crippen LogP contribution in [0.2, 0.25) is 0 Å². The number of rotatable bonds is 8. The molecule has 1 amide bonds. The molecule has 1 unspecified atom stereocenters. The Morgan fingerprint density at radius 1 is 1.28 bits per heavy atom. The molecule has 3 aromatic rings. The van der Waals surface area contributed by atoms with Crippen LogP contribution in [-0.2, 0) is 5.75 Å². The summed E-state index contributed by atoms with van der Waals surface area (Å²) in [5.74, 6) is 1.71. The van der Waals surface area contributed by atoms with Crippen molar-refractivity contribution in [2.24, 2.45) is 0 Å². The number of nitrogens with one attached hydrogen (secondary N) is 1. The van der Waals surface area contributed by atoms with Crippen molar-refractivity contribution in [2.45, 2.75) is 36.5 Å². The first-order valence-corrected chi connectivity index (χ1v) is 11.7. The van der Waals surface area contributed by atoms with Gasteiger partial charge in [0.05, 0.1) is 23.0 Å². The lowest BCUT2D eigenvalue weighted by Crippen LogP contribution is -2.36. The van der Waals surface area contributed by atoms with Crippen molar-refractivity contribution in [3.8, 4) is 0 Å². The van der Waals surface area contributed by atoms with E-state index >= 15 is 0 Å². The second-order valence-electron chi connectivity index (χ2n) is 7.16. The lowest BCUT2D eigenvalue weighted by Gasteiger charge is -2.26. The molecule has 1 aromatic carbocycles. The highest BCUT2D eigenvalue weighted by Gasteiger charge is 2.26. The van der Waals surface area contributed by atoms with Gasteiger partial charge in [0, 0.05) is 28.1 Å². The number of furan rings is 1. The Morgan fingerprint density at radius 2 is 2.07 bits per heavy atom. The topological polar surface area (TPSA) is 58.4 Å². The summed E-state index contributed by atoms with van der Waals surface area (Å²) in [7, 11) is 0. The third-order valence-corrected chi connectivity index (χ3v) is 6.95. The van der Waals surface area contributed by atoms with Crippen molar-refractivity contribution < 1.29 is 9.21 Å². The van der Waals surface area contributed by atoms with Gasteiger partial charge in [-0.1, -0.05) is 0 Å². The average molecular weight is 428 g/mol. The molecule has 4 rings (SSSR count). The molecule has 0 saturated carbocycles. The van der Waals surface area contributed by atoms with E-state index in [1.807, 2.05) is 43.3 Å². The van der Waals surface area contributed by atoms with E-state index in [4.69, 9.17) is 4.42 Å². The molecule has 1 atom stereocenters. The molecule has 3 heterocycles. The fourth-order valence-electron chi connectivity index (χ4n) is 3.57. The molecule has 1 saturated heterocycles. The first-order chi connectivity index (χ1) is 14.2. The minimum Gasteiger partial charge on any atom is -0.468 e. The van der Waals surface area contributed by atoms with Gasteiger partial charge in [0.25, 0.3) is 5.91 Å². The summed E-state index contributed by atoms with van der Waals surface area (Å²) in [6, 6.07) is 11.8. The van der Waals surface area contributed by atoms with Crippen LogP contribution in [0.15, 0.2) is 57.4 Å². The fraction of sp³-hybridized carbons (Fsp3) is 0.364. The molecule has 5 nitrogen and oxygen atoms in total. The smallest absolute Gasteiger partial charge is 0.251 e. The molecule has 0 aliphatic carbocycles. The van der Waals surface area contributed by atoms with Crippen LogP contribution < -0.4 is 5.32 Å². The molecule has 2 aromatic heterocycles. The lowest BCUT2D eigenvalue weighted by atomic mass is 10.1. The second kappa shape index (κ2) is 9.61. The molecular weight excluding hydrogens is 402 g/mol. The molecule has 1 aliphatic rings. The van der Waals surface area contributed by atoms with E-state index in [2.05, 4.69) is 20.6 Å². The predicted octanol–water partition coefficient (Wildman–Crippen LogP) is 4.90. The number of hydrogen-bond donors (Lipinski definition) is 1. The second-order valence-corrected chi connectivity index (χ2v) is 9.27. The summed E-state index contributed by atoms with van der Waals surface area (Å²) in [6.07, 6.45) is 4.10. The largest absolute Gasteiger partial charge is 0.468 e. The molecule has 7 heteroatoms. The van der Waals surface area contributed by atoms with Crippen LogP contribution in [0.1, 0.15) is 45.7 Å². The molecule has 29 heavy (non-hydrogen) atoms. The van der Waals surface area contributed by atoms with Gasteiger partial charge in [-0.2, -0.15) is 0 Å². The van der Waals surface area contributed by atoms with Crippen LogP contribution in [-0.4, -0.2) is 35.4 Å². The first kappa shape index (κ1) is 20.2. The zero-order valence-corrected chi connectivity index (χ0v) is 18.1. The third kappa shape index (κ3) is 5.29. The highest BCUT2D eigenvalue weighted by Crippen LogP contribution is 2.26. The van der Waals surface area contributed by atoms with Crippen LogP contribution >= 0.6 is 23.1 Å². The van der Waals surface area contributed by atoms with E-state index in [0.717, 1.165) is 40.2 Å². The Labute approximate surface area is 179 Å². The average Bonchev–Trinajstić information content (AvgIpc) is 3.50. The number of aryl methyl sites for hydroxylation is 1. The number of thioether (sulfide) groups is 1. The molecule has 1 fully saturated rings. The Hall–Kier alpha value is -2.09. The number of carbonyl (C=O) groups is 1. The maximum absolute atomic E-state index is 12.7. The van der Waals surface area contributed by atoms with Gasteiger partial charge in [0.1, 0.15) is 5.76 Å². The van der Waals surface area contributed by atoms with Gasteiger partial charge >= 0.3 is 0 Å². The van der Waals surface area contributed by atoms with E-state index in [1.165, 1.54) is 12.8 Å². The number of likely N-dealkylation sites (tertiary alicyclic amines) is 1. The van der Waals surface area contributed by atoms with Crippen LogP contribution in [0.25, 0.3) is 0 Å². The summed E-state index contributed by atoms with van der Waals surface area (Å²) in [6.45, 7) is 4.66. The number of hydrogen-bond acceptors (Lipinski definition) is 6. The van der Waals surface area contributed by atoms with E-state index in [-0.39, 0.29) is 11.9 Å². The standard InChI is InChI=1S/C22H25N3O2S2/c1-16-24-18(14-28-16)15-29-19-8-6-17(7-9-19)22(26)23-13-20(21-5-4-12-27-21)25-10-2-3-11-25/h4-9,12,14,20H,2-3,10-11,13,15H2,1H3,(H,23,26). The van der Waals surface area contributed by atoms with Crippen molar-refractivity contribution in [2.75, 3.05) is 19.6 Å². The fourth-order valence-corrected chi connectivity index (χ4v) is 5.08. The highest BCUT2D eigenvalue weighted by atomic mass is 32.2. The van der Waals surface area contributed by atoms with Crippen molar-refractivity contribution in [3.05, 3.63) is 70.1 Å². The van der Waals surface area contributed by atoms with Gasteiger partial charge in [-0.3, -0.25) is 9.69 Å². The van der Waals surface area contributed by atoms with Crippen LogP contribution in [0.5, 0.6) is 0 Å². The summed E-state index contributed by atoms with van der Waals surface area (Å²) in [5.41, 5.74) is 1.78. The molecular formula is C22H25N3O2S2. The summed E-state index contributed by atoms with van der Waals surface area (Å²) >= 11 is 3.41. The molecule has 152 valence electrons. The quantitative estimate of drug-likeness (QED) is 0.518. The zero-order valence-electron chi connectivity index (χ0n) is 16.5. The van der Waals surface area contributed by atoms with E-state index < -0.39 is 0 Å². The van der Waals surface area contributed by atoms with Crippen molar-refractivity contribution in [3.63, 3.8) is 0 Å². The SMILES string of the molecule is Cc1nc(CSc2ccc(C(=O)NCC(c3ccco3)N3CCCC3)cc2)cs1. The Bertz CT molecular complexity index is 916. The third-order valence-electron chi connectivity index (χ3n) is 5.08. The molecule has 0 radical (unpaired) electrons. The van der Waals surface area contributed by atoms with Crippen LogP contribution in [0.3, 0.4) is 0 Å². The summed E-state index contributed by atoms with van der Waals surface area (Å²) in [4.78, 5) is 20.7. The Balaban J connectivity index is 1.32.